The number of aromatic hydroxyl groups is 1. The highest BCUT2D eigenvalue weighted by Gasteiger charge is 2.12. The summed E-state index contributed by atoms with van der Waals surface area (Å²) in [5, 5.41) is 12.6. The Bertz CT molecular complexity index is 1080. The van der Waals surface area contributed by atoms with E-state index in [1.165, 1.54) is 12.1 Å². The molecule has 2 heterocycles. The van der Waals surface area contributed by atoms with Crippen LogP contribution in [0.2, 0.25) is 0 Å². The number of rotatable bonds is 6. The summed E-state index contributed by atoms with van der Waals surface area (Å²) in [4.78, 5) is 13.2. The molecular formula is C23H19FN4O. The van der Waals surface area contributed by atoms with Gasteiger partial charge in [-0.1, -0.05) is 24.3 Å². The lowest BCUT2D eigenvalue weighted by molar-refractivity contribution is 0.475. The largest absolute Gasteiger partial charge is 0.508 e. The SMILES string of the molecule is Oc1ccc(CCNc2ncc(-c3ccc(F)cc3)c(-c3ccncc3)n2)cc1. The third-order valence-corrected chi connectivity index (χ3v) is 4.53. The average Bonchev–Trinajstić information content (AvgIpc) is 2.76. The Morgan fingerprint density at radius 3 is 2.31 bits per heavy atom. The zero-order valence-electron chi connectivity index (χ0n) is 15.6. The molecule has 0 amide bonds. The van der Waals surface area contributed by atoms with Gasteiger partial charge in [-0.05, 0) is 53.9 Å². The Balaban J connectivity index is 1.59. The molecule has 0 spiro atoms. The van der Waals surface area contributed by atoms with E-state index < -0.39 is 0 Å². The molecule has 6 heteroatoms. The van der Waals surface area contributed by atoms with E-state index >= 15 is 0 Å². The number of hydrogen-bond donors (Lipinski definition) is 2. The molecule has 2 aromatic heterocycles. The van der Waals surface area contributed by atoms with Gasteiger partial charge in [-0.25, -0.2) is 14.4 Å². The molecule has 0 unspecified atom stereocenters. The Morgan fingerprint density at radius 1 is 0.862 bits per heavy atom. The van der Waals surface area contributed by atoms with Crippen molar-refractivity contribution in [1.29, 1.82) is 0 Å². The molecule has 0 fully saturated rings. The molecule has 4 rings (SSSR count). The molecule has 2 aromatic carbocycles. The van der Waals surface area contributed by atoms with Crippen molar-refractivity contribution in [2.24, 2.45) is 0 Å². The van der Waals surface area contributed by atoms with Crippen LogP contribution < -0.4 is 5.32 Å². The first-order valence-corrected chi connectivity index (χ1v) is 9.24. The van der Waals surface area contributed by atoms with Gasteiger partial charge in [0, 0.05) is 36.3 Å². The van der Waals surface area contributed by atoms with E-state index in [-0.39, 0.29) is 11.6 Å². The van der Waals surface area contributed by atoms with E-state index in [0.717, 1.165) is 34.4 Å². The van der Waals surface area contributed by atoms with Gasteiger partial charge in [0.2, 0.25) is 5.95 Å². The maximum absolute atomic E-state index is 13.3. The number of nitrogens with one attached hydrogen (secondary N) is 1. The first-order chi connectivity index (χ1) is 14.2. The van der Waals surface area contributed by atoms with Crippen LogP contribution in [-0.2, 0) is 6.42 Å². The molecule has 144 valence electrons. The molecule has 0 aliphatic heterocycles. The van der Waals surface area contributed by atoms with Gasteiger partial charge in [-0.15, -0.1) is 0 Å². The van der Waals surface area contributed by atoms with Crippen molar-refractivity contribution in [2.75, 3.05) is 11.9 Å². The Labute approximate surface area is 168 Å². The fraction of sp³-hybridized carbons (Fsp3) is 0.0870. The fourth-order valence-corrected chi connectivity index (χ4v) is 3.02. The molecule has 29 heavy (non-hydrogen) atoms. The second kappa shape index (κ2) is 8.48. The summed E-state index contributed by atoms with van der Waals surface area (Å²) in [6.07, 6.45) is 5.94. The highest BCUT2D eigenvalue weighted by molar-refractivity contribution is 5.80. The second-order valence-electron chi connectivity index (χ2n) is 6.54. The maximum Gasteiger partial charge on any atom is 0.223 e. The van der Waals surface area contributed by atoms with Gasteiger partial charge in [0.1, 0.15) is 11.6 Å². The normalized spacial score (nSPS) is 10.7. The summed E-state index contributed by atoms with van der Waals surface area (Å²) < 4.78 is 13.3. The fourth-order valence-electron chi connectivity index (χ4n) is 3.02. The molecule has 0 aliphatic rings. The minimum atomic E-state index is -0.285. The maximum atomic E-state index is 13.3. The topological polar surface area (TPSA) is 70.9 Å². The van der Waals surface area contributed by atoms with E-state index in [2.05, 4.69) is 15.3 Å². The summed E-state index contributed by atoms with van der Waals surface area (Å²) >= 11 is 0. The van der Waals surface area contributed by atoms with Crippen molar-refractivity contribution < 1.29 is 9.50 Å². The molecule has 0 atom stereocenters. The van der Waals surface area contributed by atoms with Crippen molar-refractivity contribution in [1.82, 2.24) is 15.0 Å². The number of halogens is 1. The first-order valence-electron chi connectivity index (χ1n) is 9.24. The summed E-state index contributed by atoms with van der Waals surface area (Å²) in [6.45, 7) is 0.649. The van der Waals surface area contributed by atoms with Crippen LogP contribution in [0.3, 0.4) is 0 Å². The van der Waals surface area contributed by atoms with Gasteiger partial charge < -0.3 is 10.4 Å². The van der Waals surface area contributed by atoms with Gasteiger partial charge in [0.15, 0.2) is 0 Å². The summed E-state index contributed by atoms with van der Waals surface area (Å²) in [6, 6.07) is 17.2. The quantitative estimate of drug-likeness (QED) is 0.502. The number of benzene rings is 2. The van der Waals surface area contributed by atoms with Crippen LogP contribution in [0.25, 0.3) is 22.4 Å². The molecule has 0 saturated carbocycles. The molecule has 0 saturated heterocycles. The van der Waals surface area contributed by atoms with E-state index in [4.69, 9.17) is 4.98 Å². The Morgan fingerprint density at radius 2 is 1.59 bits per heavy atom. The third kappa shape index (κ3) is 4.55. The molecule has 5 nitrogen and oxygen atoms in total. The monoisotopic (exact) mass is 386 g/mol. The number of nitrogens with zero attached hydrogens (tertiary/aromatic N) is 3. The number of anilines is 1. The zero-order chi connectivity index (χ0) is 20.1. The van der Waals surface area contributed by atoms with Crippen molar-refractivity contribution >= 4 is 5.95 Å². The van der Waals surface area contributed by atoms with E-state index in [0.29, 0.717) is 12.5 Å². The van der Waals surface area contributed by atoms with Gasteiger partial charge in [-0.3, -0.25) is 4.98 Å². The highest BCUT2D eigenvalue weighted by atomic mass is 19.1. The Kier molecular flexibility index (Phi) is 5.42. The summed E-state index contributed by atoms with van der Waals surface area (Å²) in [7, 11) is 0. The number of phenols is 1. The average molecular weight is 386 g/mol. The van der Waals surface area contributed by atoms with Crippen LogP contribution in [-0.4, -0.2) is 26.6 Å². The van der Waals surface area contributed by atoms with Crippen LogP contribution in [0, 0.1) is 5.82 Å². The number of phenolic OH excluding ortho intramolecular Hbond substituents is 1. The van der Waals surface area contributed by atoms with Gasteiger partial charge in [-0.2, -0.15) is 0 Å². The van der Waals surface area contributed by atoms with Gasteiger partial charge >= 0.3 is 0 Å². The first kappa shape index (κ1) is 18.6. The summed E-state index contributed by atoms with van der Waals surface area (Å²) in [5.41, 5.74) is 4.42. The molecular weight excluding hydrogens is 367 g/mol. The molecule has 2 N–H and O–H groups in total. The highest BCUT2D eigenvalue weighted by Crippen LogP contribution is 2.30. The number of hydrogen-bond acceptors (Lipinski definition) is 5. The lowest BCUT2D eigenvalue weighted by Crippen LogP contribution is -2.08. The predicted octanol–water partition coefficient (Wildman–Crippen LogP) is 4.70. The lowest BCUT2D eigenvalue weighted by Gasteiger charge is -2.12. The van der Waals surface area contributed by atoms with Crippen molar-refractivity contribution in [2.45, 2.75) is 6.42 Å². The van der Waals surface area contributed by atoms with Crippen LogP contribution in [0.15, 0.2) is 79.3 Å². The summed E-state index contributed by atoms with van der Waals surface area (Å²) in [5.74, 6) is 0.484. The van der Waals surface area contributed by atoms with Crippen LogP contribution in [0.4, 0.5) is 10.3 Å². The Hall–Kier alpha value is -3.80. The minimum absolute atomic E-state index is 0.253. The minimum Gasteiger partial charge on any atom is -0.508 e. The van der Waals surface area contributed by atoms with Crippen LogP contribution >= 0.6 is 0 Å². The molecule has 0 aliphatic carbocycles. The molecule has 0 radical (unpaired) electrons. The molecule has 0 bridgehead atoms. The van der Waals surface area contributed by atoms with E-state index in [1.807, 2.05) is 24.3 Å². The van der Waals surface area contributed by atoms with Crippen molar-refractivity contribution in [3.63, 3.8) is 0 Å². The second-order valence-corrected chi connectivity index (χ2v) is 6.54. The van der Waals surface area contributed by atoms with Crippen molar-refractivity contribution in [3.05, 3.63) is 90.6 Å². The zero-order valence-corrected chi connectivity index (χ0v) is 15.6. The van der Waals surface area contributed by atoms with Gasteiger partial charge in [0.05, 0.1) is 5.69 Å². The lowest BCUT2D eigenvalue weighted by atomic mass is 10.0. The number of aromatic nitrogens is 3. The van der Waals surface area contributed by atoms with Crippen LogP contribution in [0.5, 0.6) is 5.75 Å². The molecule has 4 aromatic rings. The number of pyridine rings is 1. The van der Waals surface area contributed by atoms with E-state index in [9.17, 15) is 9.50 Å². The van der Waals surface area contributed by atoms with E-state index in [1.54, 1.807) is 42.9 Å². The third-order valence-electron chi connectivity index (χ3n) is 4.53. The van der Waals surface area contributed by atoms with Crippen LogP contribution in [0.1, 0.15) is 5.56 Å². The van der Waals surface area contributed by atoms with Gasteiger partial charge in [0.25, 0.3) is 0 Å². The smallest absolute Gasteiger partial charge is 0.223 e. The van der Waals surface area contributed by atoms with Crippen molar-refractivity contribution in [3.8, 4) is 28.1 Å². The predicted molar refractivity (Wildman–Crippen MR) is 111 cm³/mol. The standard InChI is InChI=1S/C23H19FN4O/c24-19-5-3-17(4-6-19)21-15-27-23(28-22(21)18-10-12-25-13-11-18)26-14-9-16-1-7-20(29)8-2-16/h1-8,10-13,15,29H,9,14H2,(H,26,27,28).